The molecule has 0 unspecified atom stereocenters. The van der Waals surface area contributed by atoms with Crippen LogP contribution in [0.1, 0.15) is 16.7 Å². The van der Waals surface area contributed by atoms with Crippen molar-refractivity contribution in [1.82, 2.24) is 0 Å². The number of nitrogens with zero attached hydrogens (tertiary/aromatic N) is 1. The zero-order chi connectivity index (χ0) is 17.0. The van der Waals surface area contributed by atoms with Crippen LogP contribution in [-0.4, -0.2) is 17.4 Å². The second kappa shape index (κ2) is 6.91. The number of amides is 1. The lowest BCUT2D eigenvalue weighted by atomic mass is 10.1. The third kappa shape index (κ3) is 4.29. The maximum Gasteiger partial charge on any atom is 0.293 e. The van der Waals surface area contributed by atoms with E-state index in [0.717, 1.165) is 22.4 Å². The van der Waals surface area contributed by atoms with E-state index in [1.807, 2.05) is 32.0 Å². The van der Waals surface area contributed by atoms with Gasteiger partial charge in [0.15, 0.2) is 0 Å². The lowest BCUT2D eigenvalue weighted by Gasteiger charge is -2.11. The third-order valence-corrected chi connectivity index (χ3v) is 3.46. The molecule has 0 atom stereocenters. The van der Waals surface area contributed by atoms with Gasteiger partial charge in [-0.3, -0.25) is 14.9 Å². The van der Waals surface area contributed by atoms with E-state index in [1.165, 1.54) is 6.07 Å². The maximum atomic E-state index is 12.0. The minimum absolute atomic E-state index is 0.0370. The summed E-state index contributed by atoms with van der Waals surface area (Å²) in [4.78, 5) is 22.6. The van der Waals surface area contributed by atoms with Crippen LogP contribution in [-0.2, 0) is 4.79 Å². The number of aryl methyl sites for hydroxylation is 3. The molecule has 6 nitrogen and oxygen atoms in total. The van der Waals surface area contributed by atoms with Crippen LogP contribution in [0.4, 0.5) is 17.1 Å². The molecule has 0 spiro atoms. The van der Waals surface area contributed by atoms with Crippen LogP contribution in [0.2, 0.25) is 0 Å². The number of nitro benzene ring substituents is 1. The van der Waals surface area contributed by atoms with Gasteiger partial charge in [-0.1, -0.05) is 18.2 Å². The molecule has 2 aromatic carbocycles. The summed E-state index contributed by atoms with van der Waals surface area (Å²) >= 11 is 0. The number of anilines is 2. The maximum absolute atomic E-state index is 12.0. The van der Waals surface area contributed by atoms with Gasteiger partial charge in [0.05, 0.1) is 11.5 Å². The molecule has 0 heterocycles. The van der Waals surface area contributed by atoms with Gasteiger partial charge >= 0.3 is 0 Å². The third-order valence-electron chi connectivity index (χ3n) is 3.46. The normalized spacial score (nSPS) is 10.2. The van der Waals surface area contributed by atoms with Crippen molar-refractivity contribution in [1.29, 1.82) is 0 Å². The van der Waals surface area contributed by atoms with Crippen molar-refractivity contribution in [2.24, 2.45) is 0 Å². The monoisotopic (exact) mass is 313 g/mol. The molecule has 1 amide bonds. The predicted molar refractivity (Wildman–Crippen MR) is 90.9 cm³/mol. The number of hydrogen-bond acceptors (Lipinski definition) is 4. The quantitative estimate of drug-likeness (QED) is 0.653. The number of carbonyl (C=O) groups excluding carboxylic acids is 1. The number of nitro groups is 1. The van der Waals surface area contributed by atoms with E-state index in [-0.39, 0.29) is 23.8 Å². The Bertz CT molecular complexity index is 757. The Morgan fingerprint density at radius 1 is 1.04 bits per heavy atom. The molecule has 0 bridgehead atoms. The number of nitrogens with one attached hydrogen (secondary N) is 2. The molecular formula is C17H19N3O3. The zero-order valence-corrected chi connectivity index (χ0v) is 13.3. The van der Waals surface area contributed by atoms with Crippen molar-refractivity contribution < 1.29 is 9.72 Å². The summed E-state index contributed by atoms with van der Waals surface area (Å²) in [5.74, 6) is -0.335. The van der Waals surface area contributed by atoms with Crippen molar-refractivity contribution in [3.63, 3.8) is 0 Å². The molecule has 2 rings (SSSR count). The molecule has 0 radical (unpaired) electrons. The minimum Gasteiger partial charge on any atom is -0.376 e. The van der Waals surface area contributed by atoms with Gasteiger partial charge in [0, 0.05) is 11.8 Å². The summed E-state index contributed by atoms with van der Waals surface area (Å²) in [6, 6.07) is 10.6. The molecule has 6 heteroatoms. The molecule has 23 heavy (non-hydrogen) atoms. The van der Waals surface area contributed by atoms with Gasteiger partial charge in [-0.05, 0) is 49.6 Å². The molecule has 0 aliphatic heterocycles. The Morgan fingerprint density at radius 2 is 1.70 bits per heavy atom. The molecule has 0 aliphatic rings. The second-order valence-electron chi connectivity index (χ2n) is 5.50. The minimum atomic E-state index is -0.499. The zero-order valence-electron chi connectivity index (χ0n) is 13.3. The highest BCUT2D eigenvalue weighted by atomic mass is 16.6. The summed E-state index contributed by atoms with van der Waals surface area (Å²) in [7, 11) is 0. The molecule has 0 fully saturated rings. The van der Waals surface area contributed by atoms with Gasteiger partial charge in [0.1, 0.15) is 5.69 Å². The highest BCUT2D eigenvalue weighted by Crippen LogP contribution is 2.25. The van der Waals surface area contributed by atoms with Crippen LogP contribution in [0.3, 0.4) is 0 Å². The van der Waals surface area contributed by atoms with Crippen molar-refractivity contribution in [2.45, 2.75) is 20.8 Å². The summed E-state index contributed by atoms with van der Waals surface area (Å²) in [5.41, 5.74) is 3.86. The molecule has 2 N–H and O–H groups in total. The second-order valence-corrected chi connectivity index (χ2v) is 5.50. The van der Waals surface area contributed by atoms with Gasteiger partial charge in [0.25, 0.3) is 5.69 Å². The number of carbonyl (C=O) groups is 1. The van der Waals surface area contributed by atoms with E-state index in [9.17, 15) is 14.9 Å². The van der Waals surface area contributed by atoms with E-state index < -0.39 is 4.92 Å². The van der Waals surface area contributed by atoms with Crippen LogP contribution in [0.15, 0.2) is 36.4 Å². The molecule has 0 saturated carbocycles. The summed E-state index contributed by atoms with van der Waals surface area (Å²) in [6.07, 6.45) is 0. The first-order chi connectivity index (χ1) is 10.9. The topological polar surface area (TPSA) is 84.3 Å². The first kappa shape index (κ1) is 16.5. The smallest absolute Gasteiger partial charge is 0.293 e. The Labute approximate surface area is 134 Å². The lowest BCUT2D eigenvalue weighted by molar-refractivity contribution is -0.384. The van der Waals surface area contributed by atoms with E-state index >= 15 is 0 Å². The molecule has 0 aliphatic carbocycles. The fourth-order valence-corrected chi connectivity index (χ4v) is 2.19. The van der Waals surface area contributed by atoms with Gasteiger partial charge in [-0.15, -0.1) is 0 Å². The molecule has 2 aromatic rings. The van der Waals surface area contributed by atoms with Gasteiger partial charge in [-0.2, -0.15) is 0 Å². The summed E-state index contributed by atoms with van der Waals surface area (Å²) in [5, 5.41) is 16.7. The number of benzene rings is 2. The highest BCUT2D eigenvalue weighted by molar-refractivity contribution is 5.95. The molecular weight excluding hydrogens is 294 g/mol. The number of hydrogen-bond donors (Lipinski definition) is 2. The Kier molecular flexibility index (Phi) is 4.95. The molecule has 0 saturated heterocycles. The van der Waals surface area contributed by atoms with Crippen molar-refractivity contribution in [2.75, 3.05) is 17.2 Å². The van der Waals surface area contributed by atoms with Crippen molar-refractivity contribution in [3.05, 3.63) is 63.2 Å². The van der Waals surface area contributed by atoms with Crippen LogP contribution >= 0.6 is 0 Å². The largest absolute Gasteiger partial charge is 0.376 e. The van der Waals surface area contributed by atoms with Gasteiger partial charge < -0.3 is 10.6 Å². The van der Waals surface area contributed by atoms with Crippen LogP contribution in [0.25, 0.3) is 0 Å². The van der Waals surface area contributed by atoms with Gasteiger partial charge in [-0.25, -0.2) is 0 Å². The van der Waals surface area contributed by atoms with E-state index in [4.69, 9.17) is 0 Å². The summed E-state index contributed by atoms with van der Waals surface area (Å²) in [6.45, 7) is 5.72. The average molecular weight is 313 g/mol. The summed E-state index contributed by atoms with van der Waals surface area (Å²) < 4.78 is 0. The van der Waals surface area contributed by atoms with Crippen LogP contribution < -0.4 is 10.6 Å². The first-order valence-corrected chi connectivity index (χ1v) is 7.23. The van der Waals surface area contributed by atoms with Crippen molar-refractivity contribution in [3.8, 4) is 0 Å². The fraction of sp³-hybridized carbons (Fsp3) is 0.235. The average Bonchev–Trinajstić information content (AvgIpc) is 2.49. The van der Waals surface area contributed by atoms with Crippen LogP contribution in [0.5, 0.6) is 0 Å². The van der Waals surface area contributed by atoms with E-state index in [2.05, 4.69) is 10.6 Å². The lowest BCUT2D eigenvalue weighted by Crippen LogP contribution is -2.22. The van der Waals surface area contributed by atoms with E-state index in [0.29, 0.717) is 0 Å². The molecule has 120 valence electrons. The Hall–Kier alpha value is -2.89. The highest BCUT2D eigenvalue weighted by Gasteiger charge is 2.15. The van der Waals surface area contributed by atoms with Gasteiger partial charge in [0.2, 0.25) is 5.91 Å². The first-order valence-electron chi connectivity index (χ1n) is 7.23. The van der Waals surface area contributed by atoms with Crippen molar-refractivity contribution >= 4 is 23.0 Å². The Morgan fingerprint density at radius 3 is 2.39 bits per heavy atom. The fourth-order valence-electron chi connectivity index (χ4n) is 2.19. The Balaban J connectivity index is 2.06. The van der Waals surface area contributed by atoms with Crippen LogP contribution in [0, 0.1) is 30.9 Å². The SMILES string of the molecule is Cc1ccc(C)c(NCC(=O)Nc2ccc(C)cc2[N+](=O)[O-])c1. The standard InChI is InChI=1S/C17H19N3O3/c1-11-4-6-13(3)15(8-11)18-10-17(21)19-14-7-5-12(2)9-16(14)20(22)23/h4-9,18H,10H2,1-3H3,(H,19,21). The predicted octanol–water partition coefficient (Wildman–Crippen LogP) is 3.57. The number of rotatable bonds is 5. The molecule has 0 aromatic heterocycles. The van der Waals surface area contributed by atoms with E-state index in [1.54, 1.807) is 19.1 Å².